The van der Waals surface area contributed by atoms with Crippen molar-refractivity contribution in [2.45, 2.75) is 19.8 Å². The first-order valence-electron chi connectivity index (χ1n) is 9.37. The topological polar surface area (TPSA) is 64.1 Å². The van der Waals surface area contributed by atoms with E-state index in [1.807, 2.05) is 43.3 Å². The number of nitrogens with zero attached hydrogens (tertiary/aromatic N) is 1. The van der Waals surface area contributed by atoms with E-state index in [9.17, 15) is 0 Å². The number of para-hydroxylation sites is 1. The number of rotatable bonds is 6. The van der Waals surface area contributed by atoms with E-state index in [1.54, 1.807) is 7.11 Å². The van der Waals surface area contributed by atoms with Crippen LogP contribution in [0, 0.1) is 0 Å². The lowest BCUT2D eigenvalue weighted by Crippen LogP contribution is -2.30. The quantitative estimate of drug-likeness (QED) is 0.358. The molecule has 0 saturated heterocycles. The largest absolute Gasteiger partial charge is 0.496 e. The van der Waals surface area contributed by atoms with Crippen LogP contribution in [-0.2, 0) is 6.42 Å². The maximum absolute atomic E-state index is 5.76. The second kappa shape index (κ2) is 11.6. The van der Waals surface area contributed by atoms with Gasteiger partial charge in [-0.3, -0.25) is 4.99 Å². The summed E-state index contributed by atoms with van der Waals surface area (Å²) in [7, 11) is 1.69. The summed E-state index contributed by atoms with van der Waals surface area (Å²) in [5, 5.41) is 6.61. The van der Waals surface area contributed by atoms with Gasteiger partial charge in [0, 0.05) is 31.3 Å². The molecule has 0 amide bonds. The number of hydrogen-bond acceptors (Lipinski definition) is 4. The van der Waals surface area contributed by atoms with Crippen LogP contribution in [0.1, 0.15) is 18.9 Å². The summed E-state index contributed by atoms with van der Waals surface area (Å²) in [6.07, 6.45) is 1.70. The number of halogens is 1. The molecule has 1 aliphatic heterocycles. The first-order chi connectivity index (χ1) is 13.3. The van der Waals surface area contributed by atoms with Crippen molar-refractivity contribution in [3.8, 4) is 17.2 Å². The molecule has 0 atom stereocenters. The van der Waals surface area contributed by atoms with E-state index in [0.717, 1.165) is 53.8 Å². The van der Waals surface area contributed by atoms with Crippen molar-refractivity contribution < 1.29 is 14.2 Å². The van der Waals surface area contributed by atoms with Gasteiger partial charge in [0.15, 0.2) is 17.5 Å². The average molecular weight is 497 g/mol. The molecule has 2 aromatic carbocycles. The molecule has 0 fully saturated rings. The van der Waals surface area contributed by atoms with Crippen LogP contribution in [0.25, 0.3) is 0 Å². The normalized spacial score (nSPS) is 13.1. The fraction of sp³-hybridized carbons (Fsp3) is 0.381. The number of fused-ring (bicyclic) bond motifs is 1. The van der Waals surface area contributed by atoms with E-state index < -0.39 is 0 Å². The Morgan fingerprint density at radius 2 is 1.89 bits per heavy atom. The van der Waals surface area contributed by atoms with E-state index in [0.29, 0.717) is 19.8 Å². The van der Waals surface area contributed by atoms with Gasteiger partial charge in [-0.25, -0.2) is 0 Å². The van der Waals surface area contributed by atoms with Crippen molar-refractivity contribution in [1.82, 2.24) is 5.32 Å². The van der Waals surface area contributed by atoms with Crippen LogP contribution in [-0.4, -0.2) is 39.4 Å². The summed E-state index contributed by atoms with van der Waals surface area (Å²) in [6.45, 7) is 4.84. The number of aliphatic imine (C=N–C) groups is 1. The van der Waals surface area contributed by atoms with Gasteiger partial charge in [0.2, 0.25) is 0 Å². The number of guanidine groups is 1. The minimum Gasteiger partial charge on any atom is -0.496 e. The standard InChI is InChI=1S/C21H27N3O3.HI/c1-3-22-21(23-12-11-16-7-4-5-8-18(16)25-2)24-17-9-10-19-20(15-17)27-14-6-13-26-19;/h4-5,7-10,15H,3,6,11-14H2,1-2H3,(H2,22,23,24);1H. The molecule has 152 valence electrons. The molecule has 3 rings (SSSR count). The Bertz CT molecular complexity index is 783. The third-order valence-electron chi connectivity index (χ3n) is 4.20. The number of nitrogens with one attached hydrogen (secondary N) is 2. The molecular weight excluding hydrogens is 469 g/mol. The molecule has 0 unspecified atom stereocenters. The van der Waals surface area contributed by atoms with Gasteiger partial charge in [0.05, 0.1) is 20.3 Å². The van der Waals surface area contributed by atoms with E-state index in [1.165, 1.54) is 0 Å². The molecule has 0 aliphatic carbocycles. The Kier molecular flexibility index (Phi) is 9.19. The van der Waals surface area contributed by atoms with Crippen molar-refractivity contribution in [3.63, 3.8) is 0 Å². The summed E-state index contributed by atoms with van der Waals surface area (Å²) in [5.74, 6) is 3.19. The number of benzene rings is 2. The van der Waals surface area contributed by atoms with E-state index in [-0.39, 0.29) is 24.0 Å². The summed E-state index contributed by atoms with van der Waals surface area (Å²) in [4.78, 5) is 4.68. The molecule has 0 aromatic heterocycles. The molecule has 2 aromatic rings. The Hall–Kier alpha value is -2.16. The predicted molar refractivity (Wildman–Crippen MR) is 124 cm³/mol. The van der Waals surface area contributed by atoms with Crippen molar-refractivity contribution in [2.24, 2.45) is 4.99 Å². The Morgan fingerprint density at radius 3 is 2.68 bits per heavy atom. The molecule has 7 heteroatoms. The number of ether oxygens (including phenoxy) is 3. The highest BCUT2D eigenvalue weighted by molar-refractivity contribution is 14.0. The minimum atomic E-state index is 0. The van der Waals surface area contributed by atoms with Crippen LogP contribution in [0.3, 0.4) is 0 Å². The number of anilines is 1. The zero-order chi connectivity index (χ0) is 18.9. The third kappa shape index (κ3) is 6.19. The van der Waals surface area contributed by atoms with Gasteiger partial charge in [-0.15, -0.1) is 24.0 Å². The van der Waals surface area contributed by atoms with E-state index in [4.69, 9.17) is 14.2 Å². The molecule has 2 N–H and O–H groups in total. The van der Waals surface area contributed by atoms with Crippen molar-refractivity contribution in [2.75, 3.05) is 38.7 Å². The molecule has 28 heavy (non-hydrogen) atoms. The molecule has 0 spiro atoms. The summed E-state index contributed by atoms with van der Waals surface area (Å²) >= 11 is 0. The zero-order valence-corrected chi connectivity index (χ0v) is 18.7. The van der Waals surface area contributed by atoms with Gasteiger partial charge in [0.25, 0.3) is 0 Å². The summed E-state index contributed by atoms with van der Waals surface area (Å²) < 4.78 is 16.8. The van der Waals surface area contributed by atoms with Crippen LogP contribution in [0.4, 0.5) is 5.69 Å². The lowest BCUT2D eigenvalue weighted by Gasteiger charge is -2.14. The molecule has 0 saturated carbocycles. The van der Waals surface area contributed by atoms with Crippen molar-refractivity contribution in [1.29, 1.82) is 0 Å². The second-order valence-electron chi connectivity index (χ2n) is 6.16. The van der Waals surface area contributed by atoms with Crippen molar-refractivity contribution >= 4 is 35.6 Å². The molecule has 1 heterocycles. The van der Waals surface area contributed by atoms with Gasteiger partial charge in [-0.2, -0.15) is 0 Å². The monoisotopic (exact) mass is 497 g/mol. The summed E-state index contributed by atoms with van der Waals surface area (Å²) in [6, 6.07) is 13.9. The maximum atomic E-state index is 5.76. The fourth-order valence-corrected chi connectivity index (χ4v) is 2.88. The molecule has 0 bridgehead atoms. The van der Waals surface area contributed by atoms with Gasteiger partial charge in [-0.05, 0) is 37.1 Å². The van der Waals surface area contributed by atoms with Crippen molar-refractivity contribution in [3.05, 3.63) is 48.0 Å². The van der Waals surface area contributed by atoms with Gasteiger partial charge < -0.3 is 24.8 Å². The number of hydrogen-bond donors (Lipinski definition) is 2. The zero-order valence-electron chi connectivity index (χ0n) is 16.4. The summed E-state index contributed by atoms with van der Waals surface area (Å²) in [5.41, 5.74) is 2.06. The minimum absolute atomic E-state index is 0. The Morgan fingerprint density at radius 1 is 1.11 bits per heavy atom. The van der Waals surface area contributed by atoms with Crippen LogP contribution in [0.15, 0.2) is 47.5 Å². The predicted octanol–water partition coefficient (Wildman–Crippen LogP) is 4.09. The van der Waals surface area contributed by atoms with Crippen LogP contribution < -0.4 is 24.8 Å². The Labute approximate surface area is 183 Å². The van der Waals surface area contributed by atoms with Gasteiger partial charge >= 0.3 is 0 Å². The Balaban J connectivity index is 0.00000280. The highest BCUT2D eigenvalue weighted by atomic mass is 127. The van der Waals surface area contributed by atoms with E-state index >= 15 is 0 Å². The highest BCUT2D eigenvalue weighted by Crippen LogP contribution is 2.32. The lowest BCUT2D eigenvalue weighted by molar-refractivity contribution is 0.297. The van der Waals surface area contributed by atoms with E-state index in [2.05, 4.69) is 21.7 Å². The lowest BCUT2D eigenvalue weighted by atomic mass is 10.1. The van der Waals surface area contributed by atoms with Crippen LogP contribution in [0.2, 0.25) is 0 Å². The smallest absolute Gasteiger partial charge is 0.195 e. The maximum Gasteiger partial charge on any atom is 0.195 e. The first-order valence-corrected chi connectivity index (χ1v) is 9.37. The molecule has 6 nitrogen and oxygen atoms in total. The highest BCUT2D eigenvalue weighted by Gasteiger charge is 2.11. The molecular formula is C21H28IN3O3. The SMILES string of the molecule is CCNC(=NCCc1ccccc1OC)Nc1ccc2c(c1)OCCCO2.I. The second-order valence-corrected chi connectivity index (χ2v) is 6.16. The first kappa shape index (κ1) is 22.1. The molecule has 1 aliphatic rings. The fourth-order valence-electron chi connectivity index (χ4n) is 2.88. The third-order valence-corrected chi connectivity index (χ3v) is 4.20. The molecule has 0 radical (unpaired) electrons. The average Bonchev–Trinajstić information content (AvgIpc) is 2.93. The number of methoxy groups -OCH3 is 1. The van der Waals surface area contributed by atoms with Crippen LogP contribution >= 0.6 is 24.0 Å². The van der Waals surface area contributed by atoms with Crippen LogP contribution in [0.5, 0.6) is 17.2 Å². The van der Waals surface area contributed by atoms with Gasteiger partial charge in [0.1, 0.15) is 5.75 Å². The van der Waals surface area contributed by atoms with Gasteiger partial charge in [-0.1, -0.05) is 18.2 Å².